The fourth-order valence-electron chi connectivity index (χ4n) is 4.17. The Kier molecular flexibility index (Phi) is 7.27. The van der Waals surface area contributed by atoms with E-state index in [0.29, 0.717) is 12.6 Å². The lowest BCUT2D eigenvalue weighted by Crippen LogP contribution is -2.50. The normalized spacial score (nSPS) is 29.8. The minimum Gasteiger partial charge on any atom is -0.354 e. The smallest absolute Gasteiger partial charge is 0.243 e. The molecule has 2 aliphatic heterocycles. The lowest BCUT2D eigenvalue weighted by molar-refractivity contribution is -0.140. The maximum absolute atomic E-state index is 12.7. The Labute approximate surface area is 162 Å². The molecule has 26 heavy (non-hydrogen) atoms. The molecule has 0 bridgehead atoms. The number of carbonyl (C=O) groups is 2. The second kappa shape index (κ2) is 9.45. The highest BCUT2D eigenvalue weighted by atomic mass is 32.2. The van der Waals surface area contributed by atoms with E-state index in [1.165, 1.54) is 25.8 Å². The number of piperidine rings is 1. The van der Waals surface area contributed by atoms with Crippen molar-refractivity contribution in [1.29, 1.82) is 0 Å². The molecular weight excluding hydrogens is 346 g/mol. The zero-order valence-electron chi connectivity index (χ0n) is 16.4. The van der Waals surface area contributed by atoms with Crippen LogP contribution in [0.4, 0.5) is 0 Å². The van der Waals surface area contributed by atoms with Crippen molar-refractivity contribution in [1.82, 2.24) is 15.1 Å². The van der Waals surface area contributed by atoms with Crippen molar-refractivity contribution in [2.24, 2.45) is 5.92 Å². The summed E-state index contributed by atoms with van der Waals surface area (Å²) in [5.41, 5.74) is 0. The SMILES string of the molecule is CCCC1SCC(C(=O)NCCCN2CCCCC2C)N1C(=O)C1CC1. The Morgan fingerprint density at radius 3 is 2.69 bits per heavy atom. The van der Waals surface area contributed by atoms with Gasteiger partial charge in [0.05, 0.1) is 5.37 Å². The third kappa shape index (κ3) is 4.94. The molecule has 1 N–H and O–H groups in total. The lowest BCUT2D eigenvalue weighted by Gasteiger charge is -2.33. The van der Waals surface area contributed by atoms with E-state index >= 15 is 0 Å². The van der Waals surface area contributed by atoms with Gasteiger partial charge in [0.1, 0.15) is 6.04 Å². The van der Waals surface area contributed by atoms with E-state index in [2.05, 4.69) is 24.1 Å². The molecule has 2 saturated heterocycles. The fraction of sp³-hybridized carbons (Fsp3) is 0.900. The second-order valence-corrected chi connectivity index (χ2v) is 9.35. The van der Waals surface area contributed by atoms with E-state index in [1.54, 1.807) is 11.8 Å². The van der Waals surface area contributed by atoms with Crippen LogP contribution in [0.5, 0.6) is 0 Å². The molecule has 1 aliphatic carbocycles. The van der Waals surface area contributed by atoms with E-state index < -0.39 is 0 Å². The van der Waals surface area contributed by atoms with Crippen LogP contribution in [0.15, 0.2) is 0 Å². The highest BCUT2D eigenvalue weighted by molar-refractivity contribution is 8.00. The molecule has 0 aromatic heterocycles. The van der Waals surface area contributed by atoms with Gasteiger partial charge in [0.2, 0.25) is 11.8 Å². The minimum atomic E-state index is -0.265. The molecule has 6 heteroatoms. The molecule has 2 amide bonds. The van der Waals surface area contributed by atoms with Crippen LogP contribution < -0.4 is 5.32 Å². The molecule has 5 nitrogen and oxygen atoms in total. The van der Waals surface area contributed by atoms with Crippen molar-refractivity contribution in [2.45, 2.75) is 82.7 Å². The molecule has 3 rings (SSSR count). The Morgan fingerprint density at radius 2 is 2.00 bits per heavy atom. The highest BCUT2D eigenvalue weighted by Crippen LogP contribution is 2.39. The first-order valence-electron chi connectivity index (χ1n) is 10.6. The number of nitrogens with zero attached hydrogens (tertiary/aromatic N) is 2. The molecule has 3 fully saturated rings. The van der Waals surface area contributed by atoms with Gasteiger partial charge in [0.25, 0.3) is 0 Å². The topological polar surface area (TPSA) is 52.7 Å². The zero-order valence-corrected chi connectivity index (χ0v) is 17.2. The summed E-state index contributed by atoms with van der Waals surface area (Å²) in [5.74, 6) is 1.20. The summed E-state index contributed by atoms with van der Waals surface area (Å²) in [6, 6.07) is 0.408. The van der Waals surface area contributed by atoms with Gasteiger partial charge < -0.3 is 15.1 Å². The van der Waals surface area contributed by atoms with Crippen LogP contribution in [0.25, 0.3) is 0 Å². The number of hydrogen-bond acceptors (Lipinski definition) is 4. The first-order valence-corrected chi connectivity index (χ1v) is 11.6. The van der Waals surface area contributed by atoms with Gasteiger partial charge in [-0.25, -0.2) is 0 Å². The first kappa shape index (κ1) is 20.0. The van der Waals surface area contributed by atoms with Crippen LogP contribution in [0.2, 0.25) is 0 Å². The van der Waals surface area contributed by atoms with E-state index in [-0.39, 0.29) is 29.1 Å². The Hall–Kier alpha value is -0.750. The van der Waals surface area contributed by atoms with Crippen LogP contribution in [-0.4, -0.2) is 64.5 Å². The molecule has 0 aromatic carbocycles. The van der Waals surface area contributed by atoms with Crippen molar-refractivity contribution in [3.05, 3.63) is 0 Å². The molecular formula is C20H35N3O2S. The number of hydrogen-bond donors (Lipinski definition) is 1. The van der Waals surface area contributed by atoms with Gasteiger partial charge in [-0.3, -0.25) is 9.59 Å². The third-order valence-corrected chi connectivity index (χ3v) is 7.33. The van der Waals surface area contributed by atoms with Crippen molar-refractivity contribution < 1.29 is 9.59 Å². The average Bonchev–Trinajstić information content (AvgIpc) is 3.40. The van der Waals surface area contributed by atoms with Crippen LogP contribution in [0, 0.1) is 5.92 Å². The quantitative estimate of drug-likeness (QED) is 0.657. The number of nitrogens with one attached hydrogen (secondary N) is 1. The molecule has 1 saturated carbocycles. The third-order valence-electron chi connectivity index (χ3n) is 5.97. The molecule has 3 aliphatic rings. The van der Waals surface area contributed by atoms with Crippen molar-refractivity contribution in [2.75, 3.05) is 25.4 Å². The summed E-state index contributed by atoms with van der Waals surface area (Å²) in [7, 11) is 0. The fourth-order valence-corrected chi connectivity index (χ4v) is 5.70. The Morgan fingerprint density at radius 1 is 1.19 bits per heavy atom. The molecule has 0 spiro atoms. The van der Waals surface area contributed by atoms with Crippen LogP contribution >= 0.6 is 11.8 Å². The van der Waals surface area contributed by atoms with Gasteiger partial charge in [-0.15, -0.1) is 11.8 Å². The summed E-state index contributed by atoms with van der Waals surface area (Å²) in [6.45, 7) is 7.42. The summed E-state index contributed by atoms with van der Waals surface area (Å²) >= 11 is 1.78. The van der Waals surface area contributed by atoms with Gasteiger partial charge in [-0.2, -0.15) is 0 Å². The summed E-state index contributed by atoms with van der Waals surface area (Å²) in [5, 5.41) is 3.31. The predicted octanol–water partition coefficient (Wildman–Crippen LogP) is 2.85. The highest BCUT2D eigenvalue weighted by Gasteiger charge is 2.45. The lowest BCUT2D eigenvalue weighted by atomic mass is 10.0. The Balaban J connectivity index is 1.45. The monoisotopic (exact) mass is 381 g/mol. The van der Waals surface area contributed by atoms with E-state index in [1.807, 2.05) is 4.90 Å². The largest absolute Gasteiger partial charge is 0.354 e. The van der Waals surface area contributed by atoms with Crippen LogP contribution in [-0.2, 0) is 9.59 Å². The molecule has 148 valence electrons. The summed E-state index contributed by atoms with van der Waals surface area (Å²) < 4.78 is 0. The van der Waals surface area contributed by atoms with Gasteiger partial charge in [0, 0.05) is 30.8 Å². The van der Waals surface area contributed by atoms with Crippen LogP contribution in [0.3, 0.4) is 0 Å². The summed E-state index contributed by atoms with van der Waals surface area (Å²) in [4.78, 5) is 29.9. The van der Waals surface area contributed by atoms with Crippen molar-refractivity contribution in [3.8, 4) is 0 Å². The van der Waals surface area contributed by atoms with Gasteiger partial charge >= 0.3 is 0 Å². The van der Waals surface area contributed by atoms with Crippen molar-refractivity contribution in [3.63, 3.8) is 0 Å². The average molecular weight is 382 g/mol. The number of thioether (sulfide) groups is 1. The molecule has 2 heterocycles. The number of carbonyl (C=O) groups excluding carboxylic acids is 2. The molecule has 0 radical (unpaired) electrons. The molecule has 3 atom stereocenters. The van der Waals surface area contributed by atoms with E-state index in [9.17, 15) is 9.59 Å². The maximum Gasteiger partial charge on any atom is 0.243 e. The molecule has 0 aromatic rings. The predicted molar refractivity (Wildman–Crippen MR) is 107 cm³/mol. The maximum atomic E-state index is 12.7. The second-order valence-electron chi connectivity index (χ2n) is 8.14. The number of amides is 2. The number of likely N-dealkylation sites (tertiary alicyclic amines) is 1. The Bertz CT molecular complexity index is 497. The standard InChI is InChI=1S/C20H35N3O2S/c1-3-7-18-23(20(25)16-9-10-16)17(14-26-18)19(24)21-11-6-13-22-12-5-4-8-15(22)2/h15-18H,3-14H2,1-2H3,(H,21,24). The summed E-state index contributed by atoms with van der Waals surface area (Å²) in [6.07, 6.45) is 8.97. The van der Waals surface area contributed by atoms with E-state index in [4.69, 9.17) is 0 Å². The van der Waals surface area contributed by atoms with E-state index in [0.717, 1.165) is 44.4 Å². The van der Waals surface area contributed by atoms with Crippen molar-refractivity contribution >= 4 is 23.6 Å². The zero-order chi connectivity index (χ0) is 18.5. The molecule has 3 unspecified atom stereocenters. The number of rotatable bonds is 8. The minimum absolute atomic E-state index is 0.0526. The van der Waals surface area contributed by atoms with Gasteiger partial charge in [0.15, 0.2) is 0 Å². The van der Waals surface area contributed by atoms with Gasteiger partial charge in [-0.1, -0.05) is 19.8 Å². The van der Waals surface area contributed by atoms with Gasteiger partial charge in [-0.05, 0) is 52.0 Å². The first-order chi connectivity index (χ1) is 12.6. The van der Waals surface area contributed by atoms with Crippen LogP contribution in [0.1, 0.15) is 65.2 Å².